The lowest BCUT2D eigenvalue weighted by Crippen LogP contribution is -2.43. The second-order valence-corrected chi connectivity index (χ2v) is 5.71. The van der Waals surface area contributed by atoms with Gasteiger partial charge in [0, 0.05) is 26.1 Å². The molecule has 0 radical (unpaired) electrons. The molecule has 5 heteroatoms. The van der Waals surface area contributed by atoms with Crippen molar-refractivity contribution in [3.8, 4) is 5.75 Å². The van der Waals surface area contributed by atoms with Crippen molar-refractivity contribution in [3.05, 3.63) is 29.6 Å². The Morgan fingerprint density at radius 2 is 2.10 bits per heavy atom. The number of carbonyl (C=O) groups excluding carboxylic acids is 1. The van der Waals surface area contributed by atoms with E-state index in [4.69, 9.17) is 9.47 Å². The number of methoxy groups -OCH3 is 1. The molecule has 2 heterocycles. The van der Waals surface area contributed by atoms with Gasteiger partial charge in [-0.3, -0.25) is 9.69 Å². The maximum atomic E-state index is 13.9. The largest absolute Gasteiger partial charge is 0.496 e. The topological polar surface area (TPSA) is 38.8 Å². The van der Waals surface area contributed by atoms with Crippen LogP contribution in [0, 0.1) is 5.82 Å². The third-order valence-corrected chi connectivity index (χ3v) is 4.25. The van der Waals surface area contributed by atoms with Crippen LogP contribution in [0.5, 0.6) is 5.75 Å². The molecule has 2 unspecified atom stereocenters. The maximum absolute atomic E-state index is 13.9. The normalized spacial score (nSPS) is 25.0. The number of ether oxygens (including phenoxy) is 2. The fraction of sp³-hybridized carbons (Fsp3) is 0.562. The standard InChI is InChI=1S/C16H20FNO3/c1-20-15-4-2-3-13(17)16(15)14(19)7-8-18-9-11-5-6-12(10-18)21-11/h2-4,11-12H,5-10H2,1H3. The number of nitrogens with zero attached hydrogens (tertiary/aromatic N) is 1. The molecular weight excluding hydrogens is 273 g/mol. The average Bonchev–Trinajstić information content (AvgIpc) is 2.83. The average molecular weight is 293 g/mol. The van der Waals surface area contributed by atoms with Crippen molar-refractivity contribution in [1.29, 1.82) is 0 Å². The van der Waals surface area contributed by atoms with Gasteiger partial charge in [-0.15, -0.1) is 0 Å². The Morgan fingerprint density at radius 3 is 2.76 bits per heavy atom. The smallest absolute Gasteiger partial charge is 0.170 e. The van der Waals surface area contributed by atoms with E-state index in [0.717, 1.165) is 25.9 Å². The van der Waals surface area contributed by atoms with Gasteiger partial charge in [0.05, 0.1) is 24.9 Å². The van der Waals surface area contributed by atoms with Gasteiger partial charge in [-0.25, -0.2) is 4.39 Å². The third kappa shape index (κ3) is 3.09. The molecule has 3 rings (SSSR count). The summed E-state index contributed by atoms with van der Waals surface area (Å²) >= 11 is 0. The lowest BCUT2D eigenvalue weighted by molar-refractivity contribution is -0.0379. The SMILES string of the molecule is COc1cccc(F)c1C(=O)CCN1CC2CCC(C1)O2. The number of morpholine rings is 1. The fourth-order valence-corrected chi connectivity index (χ4v) is 3.21. The number of hydrogen-bond acceptors (Lipinski definition) is 4. The van der Waals surface area contributed by atoms with E-state index >= 15 is 0 Å². The van der Waals surface area contributed by atoms with E-state index in [2.05, 4.69) is 4.90 Å². The van der Waals surface area contributed by atoms with Gasteiger partial charge in [0.1, 0.15) is 11.6 Å². The summed E-state index contributed by atoms with van der Waals surface area (Å²) in [5, 5.41) is 0. The molecule has 4 nitrogen and oxygen atoms in total. The van der Waals surface area contributed by atoms with Gasteiger partial charge in [-0.05, 0) is 25.0 Å². The lowest BCUT2D eigenvalue weighted by Gasteiger charge is -2.31. The summed E-state index contributed by atoms with van der Waals surface area (Å²) in [7, 11) is 1.45. The van der Waals surface area contributed by atoms with Crippen molar-refractivity contribution in [2.24, 2.45) is 0 Å². The summed E-state index contributed by atoms with van der Waals surface area (Å²) in [5.41, 5.74) is 0.0660. The molecule has 114 valence electrons. The number of fused-ring (bicyclic) bond motifs is 2. The third-order valence-electron chi connectivity index (χ3n) is 4.25. The Labute approximate surface area is 123 Å². The van der Waals surface area contributed by atoms with Gasteiger partial charge in [-0.1, -0.05) is 6.07 Å². The number of rotatable bonds is 5. The predicted octanol–water partition coefficient (Wildman–Crippen LogP) is 2.27. The van der Waals surface area contributed by atoms with E-state index in [1.54, 1.807) is 12.1 Å². The first-order chi connectivity index (χ1) is 10.2. The molecule has 21 heavy (non-hydrogen) atoms. The molecule has 2 bridgehead atoms. The lowest BCUT2D eigenvalue weighted by atomic mass is 10.1. The number of carbonyl (C=O) groups is 1. The number of ketones is 1. The minimum absolute atomic E-state index is 0.0660. The Hall–Kier alpha value is -1.46. The summed E-state index contributed by atoms with van der Waals surface area (Å²) in [6, 6.07) is 4.46. The minimum atomic E-state index is -0.513. The Morgan fingerprint density at radius 1 is 1.38 bits per heavy atom. The molecule has 1 aromatic rings. The zero-order valence-electron chi connectivity index (χ0n) is 12.2. The number of halogens is 1. The number of benzene rings is 1. The molecule has 0 aromatic heterocycles. The summed E-state index contributed by atoms with van der Waals surface area (Å²) in [4.78, 5) is 14.5. The van der Waals surface area contributed by atoms with Crippen LogP contribution in [0.3, 0.4) is 0 Å². The van der Waals surface area contributed by atoms with Crippen molar-refractivity contribution in [3.63, 3.8) is 0 Å². The molecule has 2 saturated heterocycles. The molecule has 0 amide bonds. The molecule has 0 saturated carbocycles. The van der Waals surface area contributed by atoms with E-state index in [1.165, 1.54) is 13.2 Å². The molecule has 2 aliphatic rings. The first-order valence-corrected chi connectivity index (χ1v) is 7.41. The fourth-order valence-electron chi connectivity index (χ4n) is 3.21. The second-order valence-electron chi connectivity index (χ2n) is 5.71. The quantitative estimate of drug-likeness (QED) is 0.781. The summed E-state index contributed by atoms with van der Waals surface area (Å²) in [6.07, 6.45) is 3.13. The van der Waals surface area contributed by atoms with Crippen LogP contribution >= 0.6 is 0 Å². The number of hydrogen-bond donors (Lipinski definition) is 0. The molecular formula is C16H20FNO3. The number of likely N-dealkylation sites (tertiary alicyclic amines) is 1. The summed E-state index contributed by atoms with van der Waals surface area (Å²) in [5.74, 6) is -0.410. The van der Waals surface area contributed by atoms with Crippen LogP contribution in [0.15, 0.2) is 18.2 Å². The Bertz CT molecular complexity index is 522. The molecule has 0 aliphatic carbocycles. The molecule has 2 fully saturated rings. The van der Waals surface area contributed by atoms with Crippen LogP contribution in [0.1, 0.15) is 29.6 Å². The van der Waals surface area contributed by atoms with Crippen LogP contribution in [-0.2, 0) is 4.74 Å². The van der Waals surface area contributed by atoms with Crippen molar-refractivity contribution in [2.75, 3.05) is 26.7 Å². The van der Waals surface area contributed by atoms with Gasteiger partial charge in [0.15, 0.2) is 5.78 Å². The van der Waals surface area contributed by atoms with E-state index in [1.807, 2.05) is 0 Å². The second kappa shape index (κ2) is 6.12. The highest BCUT2D eigenvalue weighted by atomic mass is 19.1. The van der Waals surface area contributed by atoms with Gasteiger partial charge < -0.3 is 9.47 Å². The molecule has 2 atom stereocenters. The summed E-state index contributed by atoms with van der Waals surface area (Å²) in [6.45, 7) is 2.39. The van der Waals surface area contributed by atoms with E-state index in [0.29, 0.717) is 30.9 Å². The first kappa shape index (κ1) is 14.5. The van der Waals surface area contributed by atoms with Gasteiger partial charge in [0.2, 0.25) is 0 Å². The zero-order valence-corrected chi connectivity index (χ0v) is 12.2. The van der Waals surface area contributed by atoms with E-state index < -0.39 is 5.82 Å². The number of Topliss-reactive ketones (excluding diaryl/α,β-unsaturated/α-hetero) is 1. The minimum Gasteiger partial charge on any atom is -0.496 e. The van der Waals surface area contributed by atoms with E-state index in [-0.39, 0.29) is 11.3 Å². The van der Waals surface area contributed by atoms with Gasteiger partial charge in [0.25, 0.3) is 0 Å². The van der Waals surface area contributed by atoms with Gasteiger partial charge in [-0.2, -0.15) is 0 Å². The predicted molar refractivity (Wildman–Crippen MR) is 76.2 cm³/mol. The molecule has 2 aliphatic heterocycles. The van der Waals surface area contributed by atoms with Crippen LogP contribution in [0.2, 0.25) is 0 Å². The van der Waals surface area contributed by atoms with Crippen molar-refractivity contribution in [2.45, 2.75) is 31.5 Å². The van der Waals surface area contributed by atoms with Crippen LogP contribution in [0.4, 0.5) is 4.39 Å². The van der Waals surface area contributed by atoms with Crippen molar-refractivity contribution < 1.29 is 18.7 Å². The van der Waals surface area contributed by atoms with Crippen LogP contribution < -0.4 is 4.74 Å². The highest BCUT2D eigenvalue weighted by Gasteiger charge is 2.33. The Balaban J connectivity index is 1.62. The first-order valence-electron chi connectivity index (χ1n) is 7.41. The van der Waals surface area contributed by atoms with Crippen molar-refractivity contribution in [1.82, 2.24) is 4.90 Å². The van der Waals surface area contributed by atoms with E-state index in [9.17, 15) is 9.18 Å². The molecule has 0 N–H and O–H groups in total. The highest BCUT2D eigenvalue weighted by molar-refractivity contribution is 5.99. The molecule has 0 spiro atoms. The highest BCUT2D eigenvalue weighted by Crippen LogP contribution is 2.27. The van der Waals surface area contributed by atoms with Gasteiger partial charge >= 0.3 is 0 Å². The zero-order chi connectivity index (χ0) is 14.8. The van der Waals surface area contributed by atoms with Crippen LogP contribution in [0.25, 0.3) is 0 Å². The Kier molecular flexibility index (Phi) is 4.22. The monoisotopic (exact) mass is 293 g/mol. The molecule has 1 aromatic carbocycles. The summed E-state index contributed by atoms with van der Waals surface area (Å²) < 4.78 is 24.7. The van der Waals surface area contributed by atoms with Crippen molar-refractivity contribution >= 4 is 5.78 Å². The van der Waals surface area contributed by atoms with Crippen LogP contribution in [-0.4, -0.2) is 49.6 Å². The maximum Gasteiger partial charge on any atom is 0.170 e.